The van der Waals surface area contributed by atoms with Crippen molar-refractivity contribution in [2.75, 3.05) is 13.6 Å². The molecule has 1 N–H and O–H groups in total. The van der Waals surface area contributed by atoms with Crippen LogP contribution in [0.4, 0.5) is 0 Å². The second kappa shape index (κ2) is 4.22. The van der Waals surface area contributed by atoms with Crippen LogP contribution in [0.2, 0.25) is 0 Å². The summed E-state index contributed by atoms with van der Waals surface area (Å²) in [6.45, 7) is 0.992. The van der Waals surface area contributed by atoms with Crippen LogP contribution in [0.15, 0.2) is 29.4 Å². The zero-order valence-corrected chi connectivity index (χ0v) is 12.9. The second-order valence-corrected chi connectivity index (χ2v) is 7.14. The Balaban J connectivity index is 1.82. The van der Waals surface area contributed by atoms with Gasteiger partial charge in [0.2, 0.25) is 0 Å². The highest BCUT2D eigenvalue weighted by Crippen LogP contribution is 2.62. The van der Waals surface area contributed by atoms with E-state index in [4.69, 9.17) is 10.3 Å². The van der Waals surface area contributed by atoms with Gasteiger partial charge in [0.15, 0.2) is 11.5 Å². The fraction of sp³-hybridized carbons (Fsp3) is 0.529. The fourth-order valence-corrected chi connectivity index (χ4v) is 5.48. The number of hydrogen-bond donors (Lipinski definition) is 1. The molecule has 2 heterocycles. The maximum Gasteiger partial charge on any atom is 0.166 e. The number of likely N-dealkylation sites (N-methyl/N-ethyl adjacent to an activating group) is 1. The Bertz CT molecular complexity index is 785. The van der Waals surface area contributed by atoms with Gasteiger partial charge in [0, 0.05) is 27.8 Å². The molecule has 5 atom stereocenters. The van der Waals surface area contributed by atoms with Crippen LogP contribution < -0.4 is 4.74 Å². The summed E-state index contributed by atoms with van der Waals surface area (Å²) in [7, 11) is 2.15. The predicted molar refractivity (Wildman–Crippen MR) is 84.5 cm³/mol. The normalized spacial score (nSPS) is 39.3. The highest BCUT2D eigenvalue weighted by Gasteiger charge is 2.64. The van der Waals surface area contributed by atoms with Gasteiger partial charge in [0.25, 0.3) is 0 Å². The third-order valence-corrected chi connectivity index (χ3v) is 6.36. The minimum atomic E-state index is -0.174. The number of benzene rings is 1. The minimum absolute atomic E-state index is 0.0730. The quantitative estimate of drug-likeness (QED) is 0.374. The molecule has 23 heavy (non-hydrogen) atoms. The molecule has 6 nitrogen and oxygen atoms in total. The molecule has 2 bridgehead atoms. The molecule has 0 amide bonds. The third-order valence-electron chi connectivity index (χ3n) is 6.36. The van der Waals surface area contributed by atoms with Gasteiger partial charge in [-0.1, -0.05) is 17.3 Å². The number of phenols is 1. The van der Waals surface area contributed by atoms with Gasteiger partial charge in [0.1, 0.15) is 6.10 Å². The smallest absolute Gasteiger partial charge is 0.166 e. The van der Waals surface area contributed by atoms with E-state index in [1.165, 1.54) is 11.1 Å². The first-order valence-electron chi connectivity index (χ1n) is 8.11. The van der Waals surface area contributed by atoms with Crippen molar-refractivity contribution in [2.24, 2.45) is 11.0 Å². The number of nitrogens with zero attached hydrogens (tertiary/aromatic N) is 4. The monoisotopic (exact) mass is 310 g/mol. The maximum absolute atomic E-state index is 10.3. The van der Waals surface area contributed by atoms with Crippen LogP contribution in [-0.2, 0) is 11.8 Å². The molecular formula is C17H18N4O2. The molecular weight excluding hydrogens is 292 g/mol. The van der Waals surface area contributed by atoms with E-state index in [1.807, 2.05) is 18.2 Å². The first-order chi connectivity index (χ1) is 11.2. The van der Waals surface area contributed by atoms with Crippen LogP contribution in [-0.4, -0.2) is 41.8 Å². The van der Waals surface area contributed by atoms with Crippen molar-refractivity contribution in [2.45, 2.75) is 36.4 Å². The van der Waals surface area contributed by atoms with Crippen molar-refractivity contribution in [3.05, 3.63) is 45.9 Å². The molecule has 6 heteroatoms. The standard InChI is InChI=1S/C17H18N4O2/c1-21-7-6-17-13-5-3-10(19-20-18)15(17)11(21)8-9-2-4-12(22)16(23-13)14(9)17/h2-5,10-11,13,15,22H,6-8H2,1H3/t10-,11+,13-,15-,17+/m0/s1. The Hall–Kier alpha value is -2.17. The number of ether oxygens (including phenoxy) is 1. The van der Waals surface area contributed by atoms with E-state index >= 15 is 0 Å². The highest BCUT2D eigenvalue weighted by molar-refractivity contribution is 5.61. The number of rotatable bonds is 1. The summed E-state index contributed by atoms with van der Waals surface area (Å²) >= 11 is 0. The van der Waals surface area contributed by atoms with Crippen molar-refractivity contribution < 1.29 is 9.84 Å². The zero-order valence-electron chi connectivity index (χ0n) is 12.9. The molecule has 1 aromatic carbocycles. The molecule has 1 spiro atoms. The topological polar surface area (TPSA) is 81.5 Å². The first-order valence-corrected chi connectivity index (χ1v) is 8.11. The first kappa shape index (κ1) is 13.3. The van der Waals surface area contributed by atoms with Gasteiger partial charge in [-0.05, 0) is 49.7 Å². The summed E-state index contributed by atoms with van der Waals surface area (Å²) in [6, 6.07) is 3.95. The van der Waals surface area contributed by atoms with Crippen molar-refractivity contribution in [3.8, 4) is 11.5 Å². The summed E-state index contributed by atoms with van der Waals surface area (Å²) in [6.07, 6.45) is 5.82. The highest BCUT2D eigenvalue weighted by atomic mass is 16.5. The van der Waals surface area contributed by atoms with Gasteiger partial charge in [0.05, 0.1) is 6.04 Å². The van der Waals surface area contributed by atoms with Crippen LogP contribution in [0.25, 0.3) is 10.4 Å². The number of likely N-dealkylation sites (tertiary alicyclic amines) is 1. The summed E-state index contributed by atoms with van der Waals surface area (Å²) < 4.78 is 6.18. The Morgan fingerprint density at radius 1 is 1.43 bits per heavy atom. The molecule has 0 radical (unpaired) electrons. The largest absolute Gasteiger partial charge is 0.504 e. The molecule has 0 saturated carbocycles. The lowest BCUT2D eigenvalue weighted by molar-refractivity contribution is -0.0115. The van der Waals surface area contributed by atoms with Crippen LogP contribution >= 0.6 is 0 Å². The van der Waals surface area contributed by atoms with E-state index in [2.05, 4.69) is 22.0 Å². The van der Waals surface area contributed by atoms with Crippen LogP contribution in [0.1, 0.15) is 17.5 Å². The van der Waals surface area contributed by atoms with E-state index in [1.54, 1.807) is 6.07 Å². The average Bonchev–Trinajstić information content (AvgIpc) is 2.89. The zero-order chi connectivity index (χ0) is 15.8. The van der Waals surface area contributed by atoms with Crippen LogP contribution in [0, 0.1) is 5.92 Å². The van der Waals surface area contributed by atoms with E-state index in [9.17, 15) is 5.11 Å². The van der Waals surface area contributed by atoms with Gasteiger partial charge in [-0.2, -0.15) is 0 Å². The summed E-state index contributed by atoms with van der Waals surface area (Å²) in [5, 5.41) is 14.4. The van der Waals surface area contributed by atoms with Crippen molar-refractivity contribution in [1.29, 1.82) is 0 Å². The Labute approximate surface area is 134 Å². The van der Waals surface area contributed by atoms with E-state index in [-0.39, 0.29) is 29.2 Å². The molecule has 4 aliphatic rings. The van der Waals surface area contributed by atoms with Crippen LogP contribution in [0.3, 0.4) is 0 Å². The summed E-state index contributed by atoms with van der Waals surface area (Å²) in [4.78, 5) is 5.47. The van der Waals surface area contributed by atoms with Gasteiger partial charge < -0.3 is 14.7 Å². The van der Waals surface area contributed by atoms with E-state index in [0.717, 1.165) is 19.4 Å². The maximum atomic E-state index is 10.3. The number of hydrogen-bond acceptors (Lipinski definition) is 4. The Kier molecular flexibility index (Phi) is 2.44. The average molecular weight is 310 g/mol. The number of phenolic OH excluding ortho intramolecular Hbond substituents is 1. The molecule has 5 rings (SSSR count). The molecule has 2 aliphatic carbocycles. The molecule has 1 aromatic rings. The van der Waals surface area contributed by atoms with Crippen molar-refractivity contribution >= 4 is 0 Å². The van der Waals surface area contributed by atoms with E-state index < -0.39 is 0 Å². The lowest BCUT2D eigenvalue weighted by atomic mass is 9.52. The lowest BCUT2D eigenvalue weighted by Gasteiger charge is -2.57. The van der Waals surface area contributed by atoms with Crippen molar-refractivity contribution in [1.82, 2.24) is 4.90 Å². The minimum Gasteiger partial charge on any atom is -0.504 e. The Morgan fingerprint density at radius 2 is 2.30 bits per heavy atom. The number of azide groups is 1. The summed E-state index contributed by atoms with van der Waals surface area (Å²) in [5.41, 5.74) is 11.3. The fourth-order valence-electron chi connectivity index (χ4n) is 5.48. The predicted octanol–water partition coefficient (Wildman–Crippen LogP) is 2.52. The summed E-state index contributed by atoms with van der Waals surface area (Å²) in [5.74, 6) is 1.06. The van der Waals surface area contributed by atoms with Gasteiger partial charge >= 0.3 is 0 Å². The third kappa shape index (κ3) is 1.41. The molecule has 0 unspecified atom stereocenters. The molecule has 0 aromatic heterocycles. The SMILES string of the molecule is CN1CC[C@]23c4c5ccc(O)c4O[C@H]2C=C[C@H](N=[N+]=[N-])[C@H]3[C@H]1C5. The van der Waals surface area contributed by atoms with Gasteiger partial charge in [-0.25, -0.2) is 0 Å². The van der Waals surface area contributed by atoms with Gasteiger partial charge in [-0.3, -0.25) is 0 Å². The van der Waals surface area contributed by atoms with Crippen LogP contribution in [0.5, 0.6) is 11.5 Å². The van der Waals surface area contributed by atoms with E-state index in [0.29, 0.717) is 11.8 Å². The molecule has 1 saturated heterocycles. The second-order valence-electron chi connectivity index (χ2n) is 7.14. The van der Waals surface area contributed by atoms with Gasteiger partial charge in [-0.15, -0.1) is 0 Å². The molecule has 1 fully saturated rings. The molecule has 118 valence electrons. The lowest BCUT2D eigenvalue weighted by Crippen LogP contribution is -2.65. The Morgan fingerprint density at radius 3 is 3.13 bits per heavy atom. The van der Waals surface area contributed by atoms with Crippen molar-refractivity contribution in [3.63, 3.8) is 0 Å². The number of piperidine rings is 1. The molecule has 2 aliphatic heterocycles. The number of aromatic hydroxyl groups is 1.